The third-order valence-electron chi connectivity index (χ3n) is 2.63. The molecule has 1 aromatic rings. The number of hydrogen-bond donors (Lipinski definition) is 1. The van der Waals surface area contributed by atoms with Gasteiger partial charge in [-0.1, -0.05) is 6.08 Å². The molecule has 0 saturated heterocycles. The van der Waals surface area contributed by atoms with Crippen LogP contribution in [0.3, 0.4) is 0 Å². The van der Waals surface area contributed by atoms with Gasteiger partial charge < -0.3 is 10.1 Å². The predicted molar refractivity (Wildman–Crippen MR) is 90.2 cm³/mol. The number of nitrogens with one attached hydrogen (secondary N) is 1. The number of carbonyl (C=O) groups is 1. The summed E-state index contributed by atoms with van der Waals surface area (Å²) in [5.74, 6) is 1.89. The minimum Gasteiger partial charge on any atom is -0.494 e. The van der Waals surface area contributed by atoms with Gasteiger partial charge in [-0.25, -0.2) is 8.42 Å². The Hall–Kier alpha value is -1.47. The summed E-state index contributed by atoms with van der Waals surface area (Å²) in [4.78, 5) is 11.6. The number of amides is 1. The van der Waals surface area contributed by atoms with E-state index in [1.54, 1.807) is 30.0 Å². The lowest BCUT2D eigenvalue weighted by Crippen LogP contribution is -2.25. The van der Waals surface area contributed by atoms with E-state index < -0.39 is 9.84 Å². The van der Waals surface area contributed by atoms with E-state index in [4.69, 9.17) is 4.74 Å². The maximum Gasteiger partial charge on any atom is 0.230 e. The van der Waals surface area contributed by atoms with Crippen LogP contribution in [0, 0.1) is 0 Å². The summed E-state index contributed by atoms with van der Waals surface area (Å²) in [6.07, 6.45) is 3.63. The van der Waals surface area contributed by atoms with E-state index in [9.17, 15) is 13.2 Å². The molecule has 0 aliphatic heterocycles. The fourth-order valence-corrected chi connectivity index (χ4v) is 2.92. The van der Waals surface area contributed by atoms with Crippen molar-refractivity contribution in [2.75, 3.05) is 30.9 Å². The number of ether oxygens (including phenoxy) is 1. The fraction of sp³-hybridized carbons (Fsp3) is 0.400. The molecule has 0 unspecified atom stereocenters. The Morgan fingerprint density at radius 1 is 1.36 bits per heavy atom. The van der Waals surface area contributed by atoms with Gasteiger partial charge >= 0.3 is 0 Å². The monoisotopic (exact) mass is 343 g/mol. The van der Waals surface area contributed by atoms with Crippen molar-refractivity contribution in [3.8, 4) is 5.75 Å². The van der Waals surface area contributed by atoms with Crippen LogP contribution in [0.5, 0.6) is 5.75 Å². The summed E-state index contributed by atoms with van der Waals surface area (Å²) in [6, 6.07) is 6.35. The lowest BCUT2D eigenvalue weighted by atomic mass is 10.3. The second-order valence-corrected chi connectivity index (χ2v) is 7.71. The van der Waals surface area contributed by atoms with Gasteiger partial charge in [0.2, 0.25) is 5.91 Å². The van der Waals surface area contributed by atoms with Crippen LogP contribution in [-0.4, -0.2) is 45.2 Å². The number of benzene rings is 1. The van der Waals surface area contributed by atoms with Crippen LogP contribution in [0.2, 0.25) is 0 Å². The van der Waals surface area contributed by atoms with Gasteiger partial charge in [0, 0.05) is 12.8 Å². The van der Waals surface area contributed by atoms with Gasteiger partial charge in [0.15, 0.2) is 9.84 Å². The molecule has 1 amide bonds. The Balaban J connectivity index is 2.17. The summed E-state index contributed by atoms with van der Waals surface area (Å²) >= 11 is 1.55. The van der Waals surface area contributed by atoms with E-state index in [2.05, 4.69) is 11.9 Å². The zero-order valence-corrected chi connectivity index (χ0v) is 14.2. The minimum absolute atomic E-state index is 0.00202. The lowest BCUT2D eigenvalue weighted by molar-refractivity contribution is -0.118. The zero-order valence-electron chi connectivity index (χ0n) is 12.6. The highest BCUT2D eigenvalue weighted by Crippen LogP contribution is 2.16. The van der Waals surface area contributed by atoms with E-state index in [-0.39, 0.29) is 10.8 Å². The molecule has 1 aromatic carbocycles. The molecule has 122 valence electrons. The molecule has 0 aliphatic carbocycles. The van der Waals surface area contributed by atoms with E-state index in [0.29, 0.717) is 24.7 Å². The first kappa shape index (κ1) is 18.6. The Morgan fingerprint density at radius 3 is 2.64 bits per heavy atom. The molecule has 5 nitrogen and oxygen atoms in total. The average Bonchev–Trinajstić information content (AvgIpc) is 2.48. The van der Waals surface area contributed by atoms with E-state index in [1.807, 2.05) is 0 Å². The molecule has 22 heavy (non-hydrogen) atoms. The number of hydrogen-bond acceptors (Lipinski definition) is 5. The maximum atomic E-state index is 11.3. The Morgan fingerprint density at radius 2 is 2.05 bits per heavy atom. The SMILES string of the molecule is C=CCNC(=O)CSCCCOc1ccc(S(C)(=O)=O)cc1. The van der Waals surface area contributed by atoms with Crippen molar-refractivity contribution in [3.05, 3.63) is 36.9 Å². The largest absolute Gasteiger partial charge is 0.494 e. The van der Waals surface area contributed by atoms with Gasteiger partial charge in [-0.2, -0.15) is 11.8 Å². The fourth-order valence-electron chi connectivity index (χ4n) is 1.54. The molecule has 0 atom stereocenters. The van der Waals surface area contributed by atoms with Crippen molar-refractivity contribution in [3.63, 3.8) is 0 Å². The van der Waals surface area contributed by atoms with Gasteiger partial charge in [-0.3, -0.25) is 4.79 Å². The van der Waals surface area contributed by atoms with Crippen molar-refractivity contribution in [1.29, 1.82) is 0 Å². The second-order valence-electron chi connectivity index (χ2n) is 4.59. The lowest BCUT2D eigenvalue weighted by Gasteiger charge is -2.07. The minimum atomic E-state index is -3.17. The molecule has 0 bridgehead atoms. The van der Waals surface area contributed by atoms with E-state index >= 15 is 0 Å². The first-order valence-corrected chi connectivity index (χ1v) is 9.86. The summed E-state index contributed by atoms with van der Waals surface area (Å²) in [5, 5.41) is 2.71. The molecule has 0 aromatic heterocycles. The molecule has 1 N–H and O–H groups in total. The standard InChI is InChI=1S/C15H21NO4S2/c1-3-9-16-15(17)12-21-11-4-10-20-13-5-7-14(8-6-13)22(2,18)19/h3,5-8H,1,4,9-12H2,2H3,(H,16,17). The molecule has 0 saturated carbocycles. The Labute approximate surface area is 136 Å². The van der Waals surface area contributed by atoms with Crippen LogP contribution in [0.4, 0.5) is 0 Å². The number of rotatable bonds is 10. The topological polar surface area (TPSA) is 72.5 Å². The molecular formula is C15H21NO4S2. The first-order valence-electron chi connectivity index (χ1n) is 6.81. The zero-order chi connectivity index (χ0) is 16.4. The van der Waals surface area contributed by atoms with Crippen LogP contribution in [0.15, 0.2) is 41.8 Å². The molecule has 7 heteroatoms. The van der Waals surface area contributed by atoms with Crippen LogP contribution < -0.4 is 10.1 Å². The van der Waals surface area contributed by atoms with Gasteiger partial charge in [0.25, 0.3) is 0 Å². The number of carbonyl (C=O) groups excluding carboxylic acids is 1. The molecule has 0 fully saturated rings. The molecule has 0 heterocycles. The Bertz CT molecular complexity index is 582. The highest BCUT2D eigenvalue weighted by molar-refractivity contribution is 7.99. The summed E-state index contributed by atoms with van der Waals surface area (Å²) in [5.41, 5.74) is 0. The van der Waals surface area contributed by atoms with Crippen LogP contribution in [0.25, 0.3) is 0 Å². The third-order valence-corrected chi connectivity index (χ3v) is 4.80. The highest BCUT2D eigenvalue weighted by atomic mass is 32.2. The van der Waals surface area contributed by atoms with Gasteiger partial charge in [-0.15, -0.1) is 6.58 Å². The molecular weight excluding hydrogens is 322 g/mol. The number of sulfone groups is 1. The van der Waals surface area contributed by atoms with Gasteiger partial charge in [-0.05, 0) is 36.4 Å². The van der Waals surface area contributed by atoms with Gasteiger partial charge in [0.1, 0.15) is 5.75 Å². The van der Waals surface area contributed by atoms with Crippen LogP contribution in [0.1, 0.15) is 6.42 Å². The predicted octanol–water partition coefficient (Wildman–Crippen LogP) is 1.89. The Kier molecular flexibility index (Phi) is 8.05. The van der Waals surface area contributed by atoms with Crippen molar-refractivity contribution in [1.82, 2.24) is 5.32 Å². The van der Waals surface area contributed by atoms with Crippen LogP contribution >= 0.6 is 11.8 Å². The van der Waals surface area contributed by atoms with Crippen molar-refractivity contribution >= 4 is 27.5 Å². The molecule has 0 aliphatic rings. The van der Waals surface area contributed by atoms with Crippen LogP contribution in [-0.2, 0) is 14.6 Å². The highest BCUT2D eigenvalue weighted by Gasteiger charge is 2.06. The van der Waals surface area contributed by atoms with Crippen molar-refractivity contribution < 1.29 is 17.9 Å². The summed E-state index contributed by atoms with van der Waals surface area (Å²) in [6.45, 7) is 4.55. The quantitative estimate of drug-likeness (QED) is 0.519. The third kappa shape index (κ3) is 7.51. The van der Waals surface area contributed by atoms with E-state index in [1.165, 1.54) is 18.4 Å². The number of thioether (sulfide) groups is 1. The van der Waals surface area contributed by atoms with Gasteiger partial charge in [0.05, 0.1) is 17.3 Å². The smallest absolute Gasteiger partial charge is 0.230 e. The molecule has 1 rings (SSSR count). The molecule has 0 radical (unpaired) electrons. The first-order chi connectivity index (χ1) is 10.4. The second kappa shape index (κ2) is 9.53. The molecule has 0 spiro atoms. The normalized spacial score (nSPS) is 11.0. The average molecular weight is 343 g/mol. The summed E-state index contributed by atoms with van der Waals surface area (Å²) < 4.78 is 28.2. The van der Waals surface area contributed by atoms with E-state index in [0.717, 1.165) is 12.2 Å². The summed E-state index contributed by atoms with van der Waals surface area (Å²) in [7, 11) is -3.17. The van der Waals surface area contributed by atoms with Crippen molar-refractivity contribution in [2.45, 2.75) is 11.3 Å². The maximum absolute atomic E-state index is 11.3. The van der Waals surface area contributed by atoms with Crippen molar-refractivity contribution in [2.24, 2.45) is 0 Å².